The molecule has 7 nitrogen and oxygen atoms in total. The summed E-state index contributed by atoms with van der Waals surface area (Å²) in [5, 5.41) is 20.3. The van der Waals surface area contributed by atoms with Crippen LogP contribution in [-0.2, 0) is 9.53 Å². The van der Waals surface area contributed by atoms with E-state index < -0.39 is 18.0 Å². The average molecular weight is 276 g/mol. The molecule has 1 atom stereocenters. The van der Waals surface area contributed by atoms with Crippen LogP contribution in [0, 0.1) is 0 Å². The second-order valence-corrected chi connectivity index (χ2v) is 4.13. The Morgan fingerprint density at radius 3 is 2.53 bits per heavy atom. The van der Waals surface area contributed by atoms with E-state index in [1.165, 1.54) is 4.90 Å². The second kappa shape index (κ2) is 10.6. The first kappa shape index (κ1) is 17.7. The van der Waals surface area contributed by atoms with Gasteiger partial charge in [0.15, 0.2) is 0 Å². The number of nitrogens with one attached hydrogen (secondary N) is 1. The van der Waals surface area contributed by atoms with Crippen LogP contribution < -0.4 is 5.32 Å². The highest BCUT2D eigenvalue weighted by atomic mass is 16.5. The fraction of sp³-hybridized carbons (Fsp3) is 0.833. The molecule has 2 amide bonds. The molecule has 0 rings (SSSR count). The average Bonchev–Trinajstić information content (AvgIpc) is 2.38. The number of carbonyl (C=O) groups is 2. The number of carboxylic acids is 1. The van der Waals surface area contributed by atoms with Gasteiger partial charge in [-0.15, -0.1) is 0 Å². The number of hydrogen-bond acceptors (Lipinski definition) is 4. The zero-order valence-corrected chi connectivity index (χ0v) is 11.6. The molecule has 0 fully saturated rings. The number of carbonyl (C=O) groups excluding carboxylic acids is 1. The van der Waals surface area contributed by atoms with E-state index in [4.69, 9.17) is 14.9 Å². The quantitative estimate of drug-likeness (QED) is 0.498. The summed E-state index contributed by atoms with van der Waals surface area (Å²) in [6, 6.07) is -1.33. The van der Waals surface area contributed by atoms with Crippen molar-refractivity contribution in [3.63, 3.8) is 0 Å². The second-order valence-electron chi connectivity index (χ2n) is 4.13. The van der Waals surface area contributed by atoms with Crippen LogP contribution in [0.5, 0.6) is 0 Å². The fourth-order valence-corrected chi connectivity index (χ4v) is 1.59. The lowest BCUT2D eigenvalue weighted by atomic mass is 10.1. The van der Waals surface area contributed by atoms with Gasteiger partial charge in [0.05, 0.1) is 0 Å². The smallest absolute Gasteiger partial charge is 0.326 e. The predicted octanol–water partition coefficient (Wildman–Crippen LogP) is 0.280. The molecule has 0 bridgehead atoms. The van der Waals surface area contributed by atoms with Crippen LogP contribution in [0.25, 0.3) is 0 Å². The van der Waals surface area contributed by atoms with E-state index in [-0.39, 0.29) is 6.61 Å². The van der Waals surface area contributed by atoms with Gasteiger partial charge in [-0.3, -0.25) is 0 Å². The molecule has 0 aliphatic rings. The van der Waals surface area contributed by atoms with E-state index in [0.717, 1.165) is 0 Å². The van der Waals surface area contributed by atoms with Crippen molar-refractivity contribution >= 4 is 12.0 Å². The molecule has 7 heteroatoms. The first-order chi connectivity index (χ1) is 9.06. The third kappa shape index (κ3) is 7.63. The maximum atomic E-state index is 11.9. The molecule has 3 N–H and O–H groups in total. The van der Waals surface area contributed by atoms with Crippen molar-refractivity contribution in [2.24, 2.45) is 0 Å². The molecular formula is C12H24N2O5. The minimum Gasteiger partial charge on any atom is -0.480 e. The summed E-state index contributed by atoms with van der Waals surface area (Å²) in [4.78, 5) is 24.4. The van der Waals surface area contributed by atoms with Crippen LogP contribution in [0.1, 0.15) is 26.2 Å². The monoisotopic (exact) mass is 276 g/mol. The van der Waals surface area contributed by atoms with Crippen LogP contribution in [0.3, 0.4) is 0 Å². The third-order valence-electron chi connectivity index (χ3n) is 2.69. The number of carboxylic acid groups (broad SMARTS) is 1. The summed E-state index contributed by atoms with van der Waals surface area (Å²) in [5.74, 6) is -1.05. The number of urea groups is 1. The first-order valence-electron chi connectivity index (χ1n) is 6.44. The molecule has 0 radical (unpaired) electrons. The van der Waals surface area contributed by atoms with Crippen molar-refractivity contribution in [2.75, 3.05) is 33.4 Å². The minimum atomic E-state index is -1.05. The van der Waals surface area contributed by atoms with Crippen molar-refractivity contribution in [3.05, 3.63) is 0 Å². The summed E-state index contributed by atoms with van der Waals surface area (Å²) < 4.78 is 4.85. The highest BCUT2D eigenvalue weighted by Gasteiger charge is 2.21. The summed E-state index contributed by atoms with van der Waals surface area (Å²) in [5.41, 5.74) is 0. The van der Waals surface area contributed by atoms with Gasteiger partial charge >= 0.3 is 12.0 Å². The van der Waals surface area contributed by atoms with Crippen LogP contribution in [0.2, 0.25) is 0 Å². The zero-order chi connectivity index (χ0) is 14.7. The Balaban J connectivity index is 4.30. The molecule has 1 unspecified atom stereocenters. The maximum absolute atomic E-state index is 11.9. The lowest BCUT2D eigenvalue weighted by Crippen LogP contribution is -2.48. The number of aliphatic hydroxyl groups excluding tert-OH is 1. The Kier molecular flexibility index (Phi) is 9.82. The predicted molar refractivity (Wildman–Crippen MR) is 70.0 cm³/mol. The number of amides is 2. The Labute approximate surface area is 113 Å². The zero-order valence-electron chi connectivity index (χ0n) is 11.6. The molecule has 0 aliphatic heterocycles. The Morgan fingerprint density at radius 2 is 2.05 bits per heavy atom. The van der Waals surface area contributed by atoms with Crippen molar-refractivity contribution < 1.29 is 24.5 Å². The van der Waals surface area contributed by atoms with Crippen LogP contribution in [-0.4, -0.2) is 66.6 Å². The summed E-state index contributed by atoms with van der Waals surface area (Å²) in [7, 11) is 1.54. The van der Waals surface area contributed by atoms with E-state index in [1.54, 1.807) is 14.0 Å². The largest absolute Gasteiger partial charge is 0.480 e. The minimum absolute atomic E-state index is 0.0000219. The summed E-state index contributed by atoms with van der Waals surface area (Å²) in [6.45, 7) is 3.14. The number of aliphatic hydroxyl groups is 1. The molecule has 0 heterocycles. The number of hydrogen-bond donors (Lipinski definition) is 3. The molecular weight excluding hydrogens is 252 g/mol. The van der Waals surface area contributed by atoms with Gasteiger partial charge in [-0.2, -0.15) is 0 Å². The first-order valence-corrected chi connectivity index (χ1v) is 6.44. The molecule has 0 saturated carbocycles. The maximum Gasteiger partial charge on any atom is 0.326 e. The fourth-order valence-electron chi connectivity index (χ4n) is 1.59. The standard InChI is InChI=1S/C12H24N2O5/c1-3-14(7-5-8-15)12(18)13-10(11(16)17)6-4-9-19-2/h10,15H,3-9H2,1-2H3,(H,13,18)(H,16,17). The number of rotatable bonds is 10. The number of aliphatic carboxylic acids is 1. The summed E-state index contributed by atoms with van der Waals surface area (Å²) in [6.07, 6.45) is 1.37. The van der Waals surface area contributed by atoms with Crippen molar-refractivity contribution in [2.45, 2.75) is 32.2 Å². The lowest BCUT2D eigenvalue weighted by molar-refractivity contribution is -0.139. The lowest BCUT2D eigenvalue weighted by Gasteiger charge is -2.23. The Morgan fingerprint density at radius 1 is 1.37 bits per heavy atom. The molecule has 0 aromatic heterocycles. The van der Waals surface area contributed by atoms with Gasteiger partial charge < -0.3 is 25.2 Å². The van der Waals surface area contributed by atoms with Crippen molar-refractivity contribution in [3.8, 4) is 0 Å². The van der Waals surface area contributed by atoms with Crippen LogP contribution >= 0.6 is 0 Å². The van der Waals surface area contributed by atoms with Crippen molar-refractivity contribution in [1.82, 2.24) is 10.2 Å². The molecule has 112 valence electrons. The van der Waals surface area contributed by atoms with Crippen molar-refractivity contribution in [1.29, 1.82) is 0 Å². The van der Waals surface area contributed by atoms with Gasteiger partial charge in [0, 0.05) is 33.4 Å². The van der Waals surface area contributed by atoms with E-state index >= 15 is 0 Å². The SMILES string of the molecule is CCN(CCCO)C(=O)NC(CCCOC)C(=O)O. The van der Waals surface area contributed by atoms with Gasteiger partial charge in [0.1, 0.15) is 6.04 Å². The number of ether oxygens (including phenoxy) is 1. The summed E-state index contributed by atoms with van der Waals surface area (Å²) >= 11 is 0. The van der Waals surface area contributed by atoms with Crippen LogP contribution in [0.4, 0.5) is 4.79 Å². The Bertz CT molecular complexity index is 273. The van der Waals surface area contributed by atoms with E-state index in [2.05, 4.69) is 5.32 Å². The highest BCUT2D eigenvalue weighted by Crippen LogP contribution is 2.01. The number of methoxy groups -OCH3 is 1. The molecule has 19 heavy (non-hydrogen) atoms. The third-order valence-corrected chi connectivity index (χ3v) is 2.69. The van der Waals surface area contributed by atoms with Gasteiger partial charge in [-0.05, 0) is 26.2 Å². The van der Waals surface area contributed by atoms with Gasteiger partial charge in [-0.1, -0.05) is 0 Å². The molecule has 0 aromatic rings. The van der Waals surface area contributed by atoms with E-state index in [1.807, 2.05) is 0 Å². The molecule has 0 aliphatic carbocycles. The normalized spacial score (nSPS) is 11.9. The van der Waals surface area contributed by atoms with Gasteiger partial charge in [0.25, 0.3) is 0 Å². The number of nitrogens with zero attached hydrogens (tertiary/aromatic N) is 1. The van der Waals surface area contributed by atoms with Gasteiger partial charge in [0.2, 0.25) is 0 Å². The molecule has 0 spiro atoms. The topological polar surface area (TPSA) is 99.1 Å². The van der Waals surface area contributed by atoms with E-state index in [0.29, 0.717) is 39.0 Å². The van der Waals surface area contributed by atoms with Crippen LogP contribution in [0.15, 0.2) is 0 Å². The Hall–Kier alpha value is -1.34. The van der Waals surface area contributed by atoms with E-state index in [9.17, 15) is 9.59 Å². The molecule has 0 aromatic carbocycles. The van der Waals surface area contributed by atoms with Gasteiger partial charge in [-0.25, -0.2) is 9.59 Å². The highest BCUT2D eigenvalue weighted by molar-refractivity contribution is 5.82. The molecule has 0 saturated heterocycles.